The van der Waals surface area contributed by atoms with Crippen LogP contribution in [0.1, 0.15) is 32.8 Å². The molecule has 0 saturated carbocycles. The minimum Gasteiger partial charge on any atom is -0.413 e. The first-order valence-corrected chi connectivity index (χ1v) is 11.2. The van der Waals surface area contributed by atoms with Crippen molar-refractivity contribution in [2.24, 2.45) is 0 Å². The van der Waals surface area contributed by atoms with Crippen LogP contribution in [-0.2, 0) is 11.0 Å². The molecule has 0 spiro atoms. The molecule has 122 valence electrons. The van der Waals surface area contributed by atoms with Crippen molar-refractivity contribution >= 4 is 8.32 Å². The van der Waals surface area contributed by atoms with Crippen LogP contribution >= 0.6 is 0 Å². The summed E-state index contributed by atoms with van der Waals surface area (Å²) in [6.07, 6.45) is 3.49. The van der Waals surface area contributed by atoms with Crippen molar-refractivity contribution in [1.29, 1.82) is 0 Å². The Morgan fingerprint density at radius 3 is 2.45 bits per heavy atom. The van der Waals surface area contributed by atoms with E-state index in [4.69, 9.17) is 4.43 Å². The van der Waals surface area contributed by atoms with Gasteiger partial charge in [0, 0.05) is 19.1 Å². The van der Waals surface area contributed by atoms with Gasteiger partial charge in [-0.15, -0.1) is 6.58 Å². The summed E-state index contributed by atoms with van der Waals surface area (Å²) in [6, 6.07) is 11.1. The highest BCUT2D eigenvalue weighted by molar-refractivity contribution is 6.74. The Labute approximate surface area is 137 Å². The summed E-state index contributed by atoms with van der Waals surface area (Å²) in [5.41, 5.74) is 1.36. The maximum absolute atomic E-state index is 6.61. The minimum atomic E-state index is -1.69. The third-order valence-electron chi connectivity index (χ3n) is 5.18. The Kier molecular flexibility index (Phi) is 5.31. The second-order valence-corrected chi connectivity index (χ2v) is 12.7. The highest BCUT2D eigenvalue weighted by atomic mass is 28.4. The first kappa shape index (κ1) is 17.5. The molecule has 2 rings (SSSR count). The first-order valence-electron chi connectivity index (χ1n) is 8.31. The molecule has 1 saturated heterocycles. The van der Waals surface area contributed by atoms with Gasteiger partial charge in [-0.1, -0.05) is 57.2 Å². The van der Waals surface area contributed by atoms with Gasteiger partial charge in [0.05, 0.1) is 6.10 Å². The van der Waals surface area contributed by atoms with E-state index in [-0.39, 0.29) is 5.04 Å². The molecule has 2 unspecified atom stereocenters. The highest BCUT2D eigenvalue weighted by Gasteiger charge is 2.41. The van der Waals surface area contributed by atoms with Crippen LogP contribution in [0.5, 0.6) is 0 Å². The number of likely N-dealkylation sites (tertiary alicyclic amines) is 1. The molecule has 0 aliphatic carbocycles. The van der Waals surface area contributed by atoms with Gasteiger partial charge in [0.1, 0.15) is 0 Å². The molecule has 0 amide bonds. The fraction of sp³-hybridized carbons (Fsp3) is 0.579. The van der Waals surface area contributed by atoms with Gasteiger partial charge >= 0.3 is 0 Å². The van der Waals surface area contributed by atoms with Crippen molar-refractivity contribution in [1.82, 2.24) is 4.90 Å². The van der Waals surface area contributed by atoms with Crippen LogP contribution in [0.3, 0.4) is 0 Å². The third-order valence-corrected chi connectivity index (χ3v) is 9.71. The van der Waals surface area contributed by atoms with Gasteiger partial charge in [-0.25, -0.2) is 0 Å². The predicted molar refractivity (Wildman–Crippen MR) is 97.5 cm³/mol. The van der Waals surface area contributed by atoms with E-state index in [9.17, 15) is 0 Å². The zero-order valence-electron chi connectivity index (χ0n) is 14.8. The van der Waals surface area contributed by atoms with Crippen molar-refractivity contribution in [3.63, 3.8) is 0 Å². The Morgan fingerprint density at radius 2 is 1.91 bits per heavy atom. The van der Waals surface area contributed by atoms with Gasteiger partial charge in [0.2, 0.25) is 0 Å². The van der Waals surface area contributed by atoms with Crippen LogP contribution in [0.25, 0.3) is 0 Å². The molecule has 3 heteroatoms. The number of rotatable bonds is 5. The van der Waals surface area contributed by atoms with Crippen molar-refractivity contribution in [3.05, 3.63) is 48.6 Å². The predicted octanol–water partition coefficient (Wildman–Crippen LogP) is 4.84. The molecule has 1 aliphatic rings. The van der Waals surface area contributed by atoms with E-state index >= 15 is 0 Å². The second kappa shape index (κ2) is 6.69. The lowest BCUT2D eigenvalue weighted by Gasteiger charge is -2.38. The molecular weight excluding hydrogens is 286 g/mol. The Bertz CT molecular complexity index is 492. The molecular formula is C19H31NOSi. The number of nitrogens with zero attached hydrogens (tertiary/aromatic N) is 1. The van der Waals surface area contributed by atoms with Crippen LogP contribution in [0.15, 0.2) is 43.0 Å². The molecule has 0 bridgehead atoms. The van der Waals surface area contributed by atoms with E-state index in [1.807, 2.05) is 0 Å². The smallest absolute Gasteiger partial charge is 0.192 e. The van der Waals surface area contributed by atoms with Crippen LogP contribution in [0.4, 0.5) is 0 Å². The summed E-state index contributed by atoms with van der Waals surface area (Å²) in [5, 5.41) is 0.267. The van der Waals surface area contributed by atoms with Gasteiger partial charge in [-0.3, -0.25) is 4.90 Å². The molecule has 1 heterocycles. The molecule has 1 aromatic rings. The summed E-state index contributed by atoms with van der Waals surface area (Å²) < 4.78 is 6.61. The molecule has 2 atom stereocenters. The summed E-state index contributed by atoms with van der Waals surface area (Å²) >= 11 is 0. The quantitative estimate of drug-likeness (QED) is 0.569. The van der Waals surface area contributed by atoms with E-state index in [1.165, 1.54) is 5.56 Å². The molecule has 1 aliphatic heterocycles. The molecule has 0 radical (unpaired) electrons. The van der Waals surface area contributed by atoms with Gasteiger partial charge in [-0.2, -0.15) is 0 Å². The summed E-state index contributed by atoms with van der Waals surface area (Å²) in [6.45, 7) is 17.6. The van der Waals surface area contributed by atoms with Gasteiger partial charge in [0.15, 0.2) is 8.32 Å². The van der Waals surface area contributed by atoms with Gasteiger partial charge in [-0.05, 0) is 30.1 Å². The molecule has 22 heavy (non-hydrogen) atoms. The maximum atomic E-state index is 6.61. The average molecular weight is 318 g/mol. The summed E-state index contributed by atoms with van der Waals surface area (Å²) in [4.78, 5) is 2.50. The van der Waals surface area contributed by atoms with Crippen LogP contribution < -0.4 is 0 Å². The van der Waals surface area contributed by atoms with Gasteiger partial charge in [0.25, 0.3) is 0 Å². The zero-order chi connectivity index (χ0) is 16.4. The highest BCUT2D eigenvalue weighted by Crippen LogP contribution is 2.39. The lowest BCUT2D eigenvalue weighted by molar-refractivity contribution is 0.178. The van der Waals surface area contributed by atoms with Crippen molar-refractivity contribution in [2.75, 3.05) is 6.54 Å². The number of benzene rings is 1. The molecule has 2 nitrogen and oxygen atoms in total. The van der Waals surface area contributed by atoms with E-state index in [0.717, 1.165) is 19.5 Å². The van der Waals surface area contributed by atoms with Crippen LogP contribution in [0.2, 0.25) is 18.1 Å². The largest absolute Gasteiger partial charge is 0.413 e. The fourth-order valence-electron chi connectivity index (χ4n) is 2.81. The zero-order valence-corrected chi connectivity index (χ0v) is 15.8. The molecule has 1 aromatic carbocycles. The molecule has 1 fully saturated rings. The van der Waals surface area contributed by atoms with Crippen molar-refractivity contribution in [3.8, 4) is 0 Å². The van der Waals surface area contributed by atoms with E-state index in [1.54, 1.807) is 0 Å². The average Bonchev–Trinajstić information content (AvgIpc) is 2.79. The first-order chi connectivity index (χ1) is 10.2. The Hall–Kier alpha value is -0.903. The third kappa shape index (κ3) is 4.09. The standard InChI is InChI=1S/C19H31NOSi/c1-7-17-13-18(21-22(5,6)19(2,3)4)15-20(17)14-16-11-9-8-10-12-16/h7-12,17-18H,1,13-15H2,2-6H3. The lowest BCUT2D eigenvalue weighted by Crippen LogP contribution is -2.44. The monoisotopic (exact) mass is 317 g/mol. The Balaban J connectivity index is 2.02. The number of hydrogen-bond donors (Lipinski definition) is 0. The van der Waals surface area contributed by atoms with Crippen molar-refractivity contribution in [2.45, 2.75) is 64.0 Å². The topological polar surface area (TPSA) is 12.5 Å². The normalized spacial score (nSPS) is 23.7. The fourth-order valence-corrected chi connectivity index (χ4v) is 4.17. The summed E-state index contributed by atoms with van der Waals surface area (Å²) in [7, 11) is -1.69. The van der Waals surface area contributed by atoms with Crippen LogP contribution in [-0.4, -0.2) is 31.9 Å². The minimum absolute atomic E-state index is 0.267. The summed E-state index contributed by atoms with van der Waals surface area (Å²) in [5.74, 6) is 0. The van der Waals surface area contributed by atoms with E-state index in [2.05, 4.69) is 81.8 Å². The maximum Gasteiger partial charge on any atom is 0.192 e. The SMILES string of the molecule is C=CC1CC(O[Si](C)(C)C(C)(C)C)CN1Cc1ccccc1. The van der Waals surface area contributed by atoms with Gasteiger partial charge < -0.3 is 4.43 Å². The van der Waals surface area contributed by atoms with Crippen LogP contribution in [0, 0.1) is 0 Å². The second-order valence-electron chi connectivity index (χ2n) is 7.95. The lowest BCUT2D eigenvalue weighted by atomic mass is 10.2. The Morgan fingerprint density at radius 1 is 1.27 bits per heavy atom. The molecule has 0 aromatic heterocycles. The number of hydrogen-bond acceptors (Lipinski definition) is 2. The van der Waals surface area contributed by atoms with E-state index in [0.29, 0.717) is 12.1 Å². The van der Waals surface area contributed by atoms with E-state index < -0.39 is 8.32 Å². The molecule has 0 N–H and O–H groups in total. The van der Waals surface area contributed by atoms with Crippen molar-refractivity contribution < 1.29 is 4.43 Å².